The lowest BCUT2D eigenvalue weighted by Gasteiger charge is -2.34. The molecule has 0 radical (unpaired) electrons. The second-order valence-electron chi connectivity index (χ2n) is 6.25. The van der Waals surface area contributed by atoms with Crippen molar-refractivity contribution in [3.63, 3.8) is 0 Å². The zero-order valence-corrected chi connectivity index (χ0v) is 13.9. The van der Waals surface area contributed by atoms with Gasteiger partial charge in [0.15, 0.2) is 0 Å². The molecule has 1 fully saturated rings. The number of carboxylic acid groups (broad SMARTS) is 1. The van der Waals surface area contributed by atoms with E-state index < -0.39 is 16.4 Å². The summed E-state index contributed by atoms with van der Waals surface area (Å²) in [5.74, 6) is -1.38. The van der Waals surface area contributed by atoms with E-state index in [2.05, 4.69) is 10.4 Å². The normalized spacial score (nSPS) is 16.6. The summed E-state index contributed by atoms with van der Waals surface area (Å²) in [5, 5.41) is 27.2. The van der Waals surface area contributed by atoms with Crippen molar-refractivity contribution in [3.05, 3.63) is 21.5 Å². The summed E-state index contributed by atoms with van der Waals surface area (Å²) in [6.07, 6.45) is 3.40. The number of carbonyl (C=O) groups excluding carboxylic acids is 1. The van der Waals surface area contributed by atoms with E-state index in [9.17, 15) is 24.8 Å². The average Bonchev–Trinajstić information content (AvgIpc) is 2.80. The predicted octanol–water partition coefficient (Wildman–Crippen LogP) is 1.70. The van der Waals surface area contributed by atoms with Crippen molar-refractivity contribution in [1.82, 2.24) is 15.1 Å². The molecule has 1 heterocycles. The van der Waals surface area contributed by atoms with Crippen LogP contribution in [0.15, 0.2) is 0 Å². The number of carbonyl (C=O) groups is 2. The summed E-state index contributed by atoms with van der Waals surface area (Å²) >= 11 is 0. The van der Waals surface area contributed by atoms with Crippen LogP contribution in [0.25, 0.3) is 0 Å². The Morgan fingerprint density at radius 2 is 1.96 bits per heavy atom. The van der Waals surface area contributed by atoms with Crippen LogP contribution in [0.4, 0.5) is 5.69 Å². The van der Waals surface area contributed by atoms with E-state index in [-0.39, 0.29) is 24.6 Å². The third-order valence-corrected chi connectivity index (χ3v) is 4.57. The number of aromatic nitrogens is 2. The minimum absolute atomic E-state index is 0.0220. The Kier molecular flexibility index (Phi) is 5.20. The van der Waals surface area contributed by atoms with Crippen molar-refractivity contribution < 1.29 is 19.6 Å². The van der Waals surface area contributed by atoms with E-state index in [4.69, 9.17) is 0 Å². The highest BCUT2D eigenvalue weighted by Crippen LogP contribution is 2.28. The van der Waals surface area contributed by atoms with Gasteiger partial charge in [-0.1, -0.05) is 19.3 Å². The summed E-state index contributed by atoms with van der Waals surface area (Å²) in [7, 11) is 0. The second-order valence-corrected chi connectivity index (χ2v) is 6.25. The van der Waals surface area contributed by atoms with E-state index in [1.54, 1.807) is 13.8 Å². The molecular formula is C15H22N4O5. The Morgan fingerprint density at radius 3 is 2.46 bits per heavy atom. The van der Waals surface area contributed by atoms with Crippen molar-refractivity contribution in [3.8, 4) is 0 Å². The summed E-state index contributed by atoms with van der Waals surface area (Å²) in [5.41, 5.74) is -0.552. The highest BCUT2D eigenvalue weighted by atomic mass is 16.6. The molecule has 1 aromatic rings. The zero-order chi connectivity index (χ0) is 17.9. The molecule has 1 aliphatic rings. The number of nitrogens with zero attached hydrogens (tertiary/aromatic N) is 3. The summed E-state index contributed by atoms with van der Waals surface area (Å²) in [6, 6.07) is 0. The smallest absolute Gasteiger partial charge is 0.329 e. The van der Waals surface area contributed by atoms with E-state index in [1.807, 2.05) is 0 Å². The van der Waals surface area contributed by atoms with Crippen LogP contribution in [0.1, 0.15) is 49.9 Å². The molecule has 1 aliphatic carbocycles. The van der Waals surface area contributed by atoms with Crippen LogP contribution in [0, 0.1) is 24.0 Å². The first-order chi connectivity index (χ1) is 11.3. The number of amides is 1. The molecule has 0 bridgehead atoms. The monoisotopic (exact) mass is 338 g/mol. The molecular weight excluding hydrogens is 316 g/mol. The minimum atomic E-state index is -1.18. The van der Waals surface area contributed by atoms with Gasteiger partial charge in [-0.25, -0.2) is 4.79 Å². The number of aryl methyl sites for hydroxylation is 2. The molecule has 132 valence electrons. The van der Waals surface area contributed by atoms with Gasteiger partial charge in [-0.05, 0) is 26.7 Å². The van der Waals surface area contributed by atoms with Crippen molar-refractivity contribution in [1.29, 1.82) is 0 Å². The predicted molar refractivity (Wildman–Crippen MR) is 84.6 cm³/mol. The quantitative estimate of drug-likeness (QED) is 0.600. The second kappa shape index (κ2) is 6.98. The van der Waals surface area contributed by atoms with E-state index in [0.717, 1.165) is 19.3 Å². The molecule has 0 unspecified atom stereocenters. The van der Waals surface area contributed by atoms with Crippen LogP contribution in [-0.2, 0) is 16.1 Å². The van der Waals surface area contributed by atoms with Crippen molar-refractivity contribution in [2.75, 3.05) is 0 Å². The molecule has 0 aliphatic heterocycles. The molecule has 1 aromatic heterocycles. The fourth-order valence-electron chi connectivity index (χ4n) is 3.25. The highest BCUT2D eigenvalue weighted by Gasteiger charge is 2.40. The van der Waals surface area contributed by atoms with Gasteiger partial charge in [0.2, 0.25) is 5.91 Å². The lowest BCUT2D eigenvalue weighted by molar-refractivity contribution is -0.386. The molecule has 24 heavy (non-hydrogen) atoms. The van der Waals surface area contributed by atoms with Gasteiger partial charge < -0.3 is 10.4 Å². The number of nitro groups is 1. The van der Waals surface area contributed by atoms with Crippen LogP contribution >= 0.6 is 0 Å². The lowest BCUT2D eigenvalue weighted by Crippen LogP contribution is -2.55. The number of hydrogen-bond donors (Lipinski definition) is 2. The van der Waals surface area contributed by atoms with E-state index >= 15 is 0 Å². The largest absolute Gasteiger partial charge is 0.480 e. The Bertz CT molecular complexity index is 661. The fraction of sp³-hybridized carbons (Fsp3) is 0.667. The van der Waals surface area contributed by atoms with Crippen molar-refractivity contribution >= 4 is 17.6 Å². The first kappa shape index (κ1) is 17.9. The number of nitrogens with one attached hydrogen (secondary N) is 1. The van der Waals surface area contributed by atoms with Gasteiger partial charge in [0.05, 0.1) is 11.5 Å². The first-order valence-corrected chi connectivity index (χ1v) is 7.99. The van der Waals surface area contributed by atoms with Crippen LogP contribution in [0.2, 0.25) is 0 Å². The molecule has 9 nitrogen and oxygen atoms in total. The average molecular weight is 338 g/mol. The Morgan fingerprint density at radius 1 is 1.33 bits per heavy atom. The van der Waals surface area contributed by atoms with Crippen molar-refractivity contribution in [2.24, 2.45) is 0 Å². The summed E-state index contributed by atoms with van der Waals surface area (Å²) in [6.45, 7) is 3.29. The molecule has 0 saturated heterocycles. The topological polar surface area (TPSA) is 127 Å². The van der Waals surface area contributed by atoms with Gasteiger partial charge >= 0.3 is 11.7 Å². The first-order valence-electron chi connectivity index (χ1n) is 7.99. The third kappa shape index (κ3) is 3.55. The van der Waals surface area contributed by atoms with Crippen molar-refractivity contribution in [2.45, 2.75) is 64.5 Å². The molecule has 2 rings (SSSR count). The standard InChI is InChI=1S/C15H22N4O5/c1-10-13(19(23)24)11(2)18(17-10)9-6-12(20)16-15(14(21)22)7-4-3-5-8-15/h3-9H2,1-2H3,(H,16,20)(H,21,22). The molecule has 1 amide bonds. The summed E-state index contributed by atoms with van der Waals surface area (Å²) < 4.78 is 1.42. The zero-order valence-electron chi connectivity index (χ0n) is 13.9. The molecule has 0 aromatic carbocycles. The minimum Gasteiger partial charge on any atom is -0.480 e. The molecule has 1 saturated carbocycles. The molecule has 2 N–H and O–H groups in total. The molecule has 0 atom stereocenters. The van der Waals surface area contributed by atoms with Gasteiger partial charge in [0, 0.05) is 6.42 Å². The van der Waals surface area contributed by atoms with Gasteiger partial charge in [-0.3, -0.25) is 19.6 Å². The number of carboxylic acids is 1. The molecule has 0 spiro atoms. The maximum absolute atomic E-state index is 12.2. The van der Waals surface area contributed by atoms with Gasteiger partial charge in [0.25, 0.3) is 0 Å². The number of aliphatic carboxylic acids is 1. The maximum atomic E-state index is 12.2. The SMILES string of the molecule is Cc1nn(CCC(=O)NC2(C(=O)O)CCCCC2)c(C)c1[N+](=O)[O-]. The van der Waals surface area contributed by atoms with Crippen LogP contribution in [0.3, 0.4) is 0 Å². The van der Waals surface area contributed by atoms with Gasteiger partial charge in [0.1, 0.15) is 16.9 Å². The van der Waals surface area contributed by atoms with E-state index in [0.29, 0.717) is 24.2 Å². The number of hydrogen-bond acceptors (Lipinski definition) is 5. The number of rotatable bonds is 6. The molecule has 9 heteroatoms. The lowest BCUT2D eigenvalue weighted by atomic mass is 9.81. The Balaban J connectivity index is 2.02. The van der Waals surface area contributed by atoms with Crippen LogP contribution in [0.5, 0.6) is 0 Å². The Labute approximate surface area is 139 Å². The highest BCUT2D eigenvalue weighted by molar-refractivity contribution is 5.87. The van der Waals surface area contributed by atoms with Crippen LogP contribution < -0.4 is 5.32 Å². The maximum Gasteiger partial charge on any atom is 0.329 e. The Hall–Kier alpha value is -2.45. The van der Waals surface area contributed by atoms with Gasteiger partial charge in [-0.2, -0.15) is 5.10 Å². The van der Waals surface area contributed by atoms with Gasteiger partial charge in [-0.15, -0.1) is 0 Å². The van der Waals surface area contributed by atoms with E-state index in [1.165, 1.54) is 4.68 Å². The fourth-order valence-corrected chi connectivity index (χ4v) is 3.25. The van der Waals surface area contributed by atoms with Crippen LogP contribution in [-0.4, -0.2) is 37.2 Å². The third-order valence-electron chi connectivity index (χ3n) is 4.57. The summed E-state index contributed by atoms with van der Waals surface area (Å²) in [4.78, 5) is 34.2.